The number of imide groups is 1. The molecule has 2 rings (SSSR count). The number of carbonyl (C=O) groups is 3. The highest BCUT2D eigenvalue weighted by Gasteiger charge is 2.31. The molecule has 136 valence electrons. The second kappa shape index (κ2) is 9.61. The van der Waals surface area contributed by atoms with Crippen LogP contribution in [0, 0.1) is 5.92 Å². The lowest BCUT2D eigenvalue weighted by molar-refractivity contribution is -0.899. The Hall–Kier alpha value is -1.63. The number of nitrogens with one attached hydrogen (secondary N) is 3. The van der Waals surface area contributed by atoms with Crippen LogP contribution in [0.3, 0.4) is 0 Å². The summed E-state index contributed by atoms with van der Waals surface area (Å²) in [6.45, 7) is 3.83. The molecule has 1 unspecified atom stereocenters. The van der Waals surface area contributed by atoms with Crippen LogP contribution in [0.4, 0.5) is 4.79 Å². The zero-order valence-electron chi connectivity index (χ0n) is 14.6. The average Bonchev–Trinajstić information content (AvgIpc) is 2.56. The molecule has 0 radical (unpaired) electrons. The van der Waals surface area contributed by atoms with Gasteiger partial charge in [-0.15, -0.1) is 0 Å². The van der Waals surface area contributed by atoms with Crippen molar-refractivity contribution in [1.29, 1.82) is 0 Å². The van der Waals surface area contributed by atoms with Crippen LogP contribution >= 0.6 is 0 Å². The van der Waals surface area contributed by atoms with E-state index in [2.05, 4.69) is 10.6 Å². The highest BCUT2D eigenvalue weighted by molar-refractivity contribution is 5.94. The number of piperidine rings is 1. The Morgan fingerprint density at radius 3 is 2.54 bits per heavy atom. The van der Waals surface area contributed by atoms with Crippen LogP contribution in [0.25, 0.3) is 0 Å². The lowest BCUT2D eigenvalue weighted by Crippen LogP contribution is -3.15. The van der Waals surface area contributed by atoms with Crippen LogP contribution in [0.15, 0.2) is 0 Å². The highest BCUT2D eigenvalue weighted by atomic mass is 16.5. The number of carbonyl (C=O) groups excluding carboxylic acids is 3. The maximum Gasteiger partial charge on any atom is 0.321 e. The molecule has 7 nitrogen and oxygen atoms in total. The quantitative estimate of drug-likeness (QED) is 0.615. The van der Waals surface area contributed by atoms with E-state index < -0.39 is 6.03 Å². The van der Waals surface area contributed by atoms with Crippen LogP contribution in [-0.2, 0) is 14.3 Å². The van der Waals surface area contributed by atoms with Gasteiger partial charge in [-0.25, -0.2) is 4.79 Å². The average molecular weight is 340 g/mol. The van der Waals surface area contributed by atoms with Gasteiger partial charge in [0.25, 0.3) is 5.91 Å². The van der Waals surface area contributed by atoms with Crippen LogP contribution in [-0.4, -0.2) is 50.2 Å². The normalized spacial score (nSPS) is 24.9. The fourth-order valence-corrected chi connectivity index (χ4v) is 3.64. The summed E-state index contributed by atoms with van der Waals surface area (Å²) in [5.74, 6) is -0.606. The van der Waals surface area contributed by atoms with E-state index in [0.717, 1.165) is 50.0 Å². The Kier molecular flexibility index (Phi) is 7.49. The van der Waals surface area contributed by atoms with Gasteiger partial charge in [-0.2, -0.15) is 0 Å². The number of rotatable bonds is 5. The molecule has 2 aliphatic rings. The number of hydrogen-bond acceptors (Lipinski definition) is 4. The van der Waals surface area contributed by atoms with E-state index in [4.69, 9.17) is 4.74 Å². The molecule has 3 amide bonds. The summed E-state index contributed by atoms with van der Waals surface area (Å²) in [7, 11) is 0. The van der Waals surface area contributed by atoms with Crippen LogP contribution in [0.5, 0.6) is 0 Å². The van der Waals surface area contributed by atoms with Gasteiger partial charge in [0.15, 0.2) is 6.54 Å². The van der Waals surface area contributed by atoms with Gasteiger partial charge in [-0.3, -0.25) is 14.9 Å². The first-order chi connectivity index (χ1) is 11.6. The standard InChI is InChI=1S/C17H29N3O4/c1-2-24-16(22)13-7-6-10-20(11-13)12-15(21)19-17(23)18-14-8-4-3-5-9-14/h13-14H,2-12H2,1H3,(H2,18,19,21,23)/p+1/t13-/m0/s1. The maximum absolute atomic E-state index is 12.1. The van der Waals surface area contributed by atoms with Gasteiger partial charge in [0, 0.05) is 6.04 Å². The molecule has 0 aromatic heterocycles. The molecule has 0 aromatic rings. The number of esters is 1. The summed E-state index contributed by atoms with van der Waals surface area (Å²) in [5, 5.41) is 5.29. The molecule has 2 fully saturated rings. The van der Waals surface area contributed by atoms with Gasteiger partial charge < -0.3 is 15.0 Å². The van der Waals surface area contributed by atoms with E-state index >= 15 is 0 Å². The zero-order chi connectivity index (χ0) is 17.4. The third kappa shape index (κ3) is 6.11. The molecule has 0 spiro atoms. The third-order valence-electron chi connectivity index (χ3n) is 4.84. The number of ether oxygens (including phenoxy) is 1. The lowest BCUT2D eigenvalue weighted by Gasteiger charge is -2.28. The van der Waals surface area contributed by atoms with Gasteiger partial charge in [0.05, 0.1) is 19.7 Å². The smallest absolute Gasteiger partial charge is 0.321 e. The molecule has 1 saturated carbocycles. The lowest BCUT2D eigenvalue weighted by atomic mass is 9.96. The number of quaternary nitrogens is 1. The molecule has 7 heteroatoms. The van der Waals surface area contributed by atoms with Crippen LogP contribution < -0.4 is 15.5 Å². The van der Waals surface area contributed by atoms with Crippen molar-refractivity contribution in [1.82, 2.24) is 10.6 Å². The van der Waals surface area contributed by atoms with Crippen molar-refractivity contribution < 1.29 is 24.0 Å². The summed E-state index contributed by atoms with van der Waals surface area (Å²) in [6.07, 6.45) is 7.16. The van der Waals surface area contributed by atoms with Gasteiger partial charge in [-0.05, 0) is 32.6 Å². The highest BCUT2D eigenvalue weighted by Crippen LogP contribution is 2.17. The predicted molar refractivity (Wildman–Crippen MR) is 88.5 cm³/mol. The Bertz CT molecular complexity index is 449. The van der Waals surface area contributed by atoms with Crippen LogP contribution in [0.2, 0.25) is 0 Å². The first-order valence-electron chi connectivity index (χ1n) is 9.19. The SMILES string of the molecule is CCOC(=O)[C@H]1CCC[NH+](CC(=O)NC(=O)NC2CCCCC2)C1. The van der Waals surface area contributed by atoms with Crippen molar-refractivity contribution in [3.8, 4) is 0 Å². The monoisotopic (exact) mass is 340 g/mol. The van der Waals surface area contributed by atoms with E-state index in [0.29, 0.717) is 13.2 Å². The fraction of sp³-hybridized carbons (Fsp3) is 0.824. The van der Waals surface area contributed by atoms with Crippen molar-refractivity contribution in [3.63, 3.8) is 0 Å². The summed E-state index contributed by atoms with van der Waals surface area (Å²) in [6, 6.07) is -0.215. The maximum atomic E-state index is 12.1. The second-order valence-corrected chi connectivity index (χ2v) is 6.83. The van der Waals surface area contributed by atoms with Crippen molar-refractivity contribution in [2.75, 3.05) is 26.2 Å². The Labute approximate surface area is 143 Å². The largest absolute Gasteiger partial charge is 0.466 e. The van der Waals surface area contributed by atoms with Gasteiger partial charge in [-0.1, -0.05) is 19.3 Å². The van der Waals surface area contributed by atoms with Gasteiger partial charge in [0.1, 0.15) is 5.92 Å². The summed E-state index contributed by atoms with van der Waals surface area (Å²) in [4.78, 5) is 36.8. The van der Waals surface area contributed by atoms with Gasteiger partial charge in [0.2, 0.25) is 0 Å². The van der Waals surface area contributed by atoms with E-state index in [1.165, 1.54) is 6.42 Å². The van der Waals surface area contributed by atoms with E-state index in [9.17, 15) is 14.4 Å². The first-order valence-corrected chi connectivity index (χ1v) is 9.19. The molecule has 3 N–H and O–H groups in total. The minimum absolute atomic E-state index is 0.141. The molecule has 1 heterocycles. The summed E-state index contributed by atoms with van der Waals surface area (Å²) in [5.41, 5.74) is 0. The Morgan fingerprint density at radius 1 is 1.08 bits per heavy atom. The minimum Gasteiger partial charge on any atom is -0.466 e. The van der Waals surface area contributed by atoms with Crippen molar-refractivity contribution in [3.05, 3.63) is 0 Å². The predicted octanol–water partition coefficient (Wildman–Crippen LogP) is 0.00290. The first kappa shape index (κ1) is 18.7. The molecule has 0 bridgehead atoms. The van der Waals surface area contributed by atoms with E-state index in [-0.39, 0.29) is 30.4 Å². The zero-order valence-corrected chi connectivity index (χ0v) is 14.6. The summed E-state index contributed by atoms with van der Waals surface area (Å²) < 4.78 is 5.07. The molecule has 0 aromatic carbocycles. The minimum atomic E-state index is -0.398. The molecule has 24 heavy (non-hydrogen) atoms. The number of hydrogen-bond donors (Lipinski definition) is 3. The molecule has 1 saturated heterocycles. The number of amides is 3. The third-order valence-corrected chi connectivity index (χ3v) is 4.84. The molecular weight excluding hydrogens is 310 g/mol. The molecule has 1 aliphatic heterocycles. The summed E-state index contributed by atoms with van der Waals surface area (Å²) >= 11 is 0. The molecular formula is C17H30N3O4+. The number of likely N-dealkylation sites (tertiary alicyclic amines) is 1. The van der Waals surface area contributed by atoms with Crippen molar-refractivity contribution in [2.45, 2.75) is 57.9 Å². The topological polar surface area (TPSA) is 88.9 Å². The van der Waals surface area contributed by atoms with Crippen LogP contribution in [0.1, 0.15) is 51.9 Å². The molecule has 1 aliphatic carbocycles. The van der Waals surface area contributed by atoms with E-state index in [1.807, 2.05) is 0 Å². The van der Waals surface area contributed by atoms with E-state index in [1.54, 1.807) is 6.92 Å². The molecule has 2 atom stereocenters. The number of urea groups is 1. The fourth-order valence-electron chi connectivity index (χ4n) is 3.64. The van der Waals surface area contributed by atoms with Gasteiger partial charge >= 0.3 is 12.0 Å². The Morgan fingerprint density at radius 2 is 1.83 bits per heavy atom. The van der Waals surface area contributed by atoms with Crippen molar-refractivity contribution in [2.24, 2.45) is 5.92 Å². The van der Waals surface area contributed by atoms with Crippen molar-refractivity contribution >= 4 is 17.9 Å². The Balaban J connectivity index is 1.70. The second-order valence-electron chi connectivity index (χ2n) is 6.83.